The molecule has 4 nitrogen and oxygen atoms in total. The summed E-state index contributed by atoms with van der Waals surface area (Å²) in [6, 6.07) is 0. The maximum Gasteiger partial charge on any atom is 0.148 e. The molecule has 1 aliphatic rings. The lowest BCUT2D eigenvalue weighted by molar-refractivity contribution is 0.518. The van der Waals surface area contributed by atoms with Crippen molar-refractivity contribution in [3.63, 3.8) is 0 Å². The van der Waals surface area contributed by atoms with Crippen LogP contribution in [0.25, 0.3) is 0 Å². The van der Waals surface area contributed by atoms with E-state index in [-0.39, 0.29) is 5.25 Å². The molecule has 1 saturated heterocycles. The van der Waals surface area contributed by atoms with E-state index in [9.17, 15) is 4.21 Å². The van der Waals surface area contributed by atoms with Crippen LogP contribution in [0, 0.1) is 6.92 Å². The van der Waals surface area contributed by atoms with Gasteiger partial charge in [-0.15, -0.1) is 0 Å². The van der Waals surface area contributed by atoms with Gasteiger partial charge >= 0.3 is 0 Å². The second kappa shape index (κ2) is 4.81. The molecular weight excluding hydrogens is 210 g/mol. The highest BCUT2D eigenvalue weighted by molar-refractivity contribution is 7.85. The number of nitrogens with one attached hydrogen (secondary N) is 1. The molecule has 1 fully saturated rings. The minimum atomic E-state index is -0.995. The Balaban J connectivity index is 2.16. The molecule has 2 heterocycles. The quantitative estimate of drug-likeness (QED) is 0.802. The summed E-state index contributed by atoms with van der Waals surface area (Å²) in [4.78, 5) is 8.29. The molecule has 0 aliphatic carbocycles. The average molecular weight is 225 g/mol. The summed E-state index contributed by atoms with van der Waals surface area (Å²) < 4.78 is 12.2. The number of piperidine rings is 1. The van der Waals surface area contributed by atoms with E-state index in [1.807, 2.05) is 6.92 Å². The molecule has 0 radical (unpaired) electrons. The number of nitrogens with zero attached hydrogens (tertiary/aromatic N) is 2. The first-order chi connectivity index (χ1) is 7.29. The molecule has 2 rings (SSSR count). The van der Waals surface area contributed by atoms with Gasteiger partial charge in [0, 0.05) is 17.6 Å². The van der Waals surface area contributed by atoms with Gasteiger partial charge in [0.25, 0.3) is 0 Å². The van der Waals surface area contributed by atoms with Crippen LogP contribution >= 0.6 is 0 Å². The zero-order chi connectivity index (χ0) is 10.7. The van der Waals surface area contributed by atoms with Crippen LogP contribution in [0.5, 0.6) is 0 Å². The van der Waals surface area contributed by atoms with E-state index >= 15 is 0 Å². The molecule has 1 aromatic heterocycles. The van der Waals surface area contributed by atoms with Gasteiger partial charge in [-0.1, -0.05) is 0 Å². The molecule has 5 heteroatoms. The molecule has 0 bridgehead atoms. The Morgan fingerprint density at radius 3 is 2.67 bits per heavy atom. The van der Waals surface area contributed by atoms with E-state index in [0.29, 0.717) is 5.03 Å². The van der Waals surface area contributed by atoms with E-state index in [2.05, 4.69) is 15.3 Å². The van der Waals surface area contributed by atoms with Gasteiger partial charge in [0.15, 0.2) is 0 Å². The highest BCUT2D eigenvalue weighted by Crippen LogP contribution is 2.17. The van der Waals surface area contributed by atoms with Crippen LogP contribution in [0.1, 0.15) is 18.5 Å². The third-order valence-electron chi connectivity index (χ3n) is 2.62. The monoisotopic (exact) mass is 225 g/mol. The van der Waals surface area contributed by atoms with Gasteiger partial charge in [-0.2, -0.15) is 0 Å². The van der Waals surface area contributed by atoms with Gasteiger partial charge in [-0.05, 0) is 32.9 Å². The zero-order valence-corrected chi connectivity index (χ0v) is 9.59. The summed E-state index contributed by atoms with van der Waals surface area (Å²) in [6.45, 7) is 3.77. The third-order valence-corrected chi connectivity index (χ3v) is 4.47. The summed E-state index contributed by atoms with van der Waals surface area (Å²) in [5, 5.41) is 4.16. The average Bonchev–Trinajstić information content (AvgIpc) is 2.30. The first kappa shape index (κ1) is 10.7. The molecule has 1 aliphatic heterocycles. The maximum absolute atomic E-state index is 12.2. The van der Waals surface area contributed by atoms with Crippen LogP contribution in [0.3, 0.4) is 0 Å². The third kappa shape index (κ3) is 2.41. The van der Waals surface area contributed by atoms with E-state index in [4.69, 9.17) is 0 Å². The van der Waals surface area contributed by atoms with Crippen LogP contribution in [-0.2, 0) is 10.8 Å². The second-order valence-electron chi connectivity index (χ2n) is 3.69. The second-order valence-corrected chi connectivity index (χ2v) is 5.34. The minimum absolute atomic E-state index is 0.238. The van der Waals surface area contributed by atoms with Crippen molar-refractivity contribution in [1.82, 2.24) is 15.3 Å². The highest BCUT2D eigenvalue weighted by atomic mass is 32.2. The van der Waals surface area contributed by atoms with Crippen LogP contribution in [0.15, 0.2) is 17.4 Å². The predicted octanol–water partition coefficient (Wildman–Crippen LogP) is 0.645. The fourth-order valence-electron chi connectivity index (χ4n) is 1.76. The van der Waals surface area contributed by atoms with Crippen molar-refractivity contribution < 1.29 is 4.21 Å². The normalized spacial score (nSPS) is 20.1. The van der Waals surface area contributed by atoms with Crippen LogP contribution in [-0.4, -0.2) is 32.5 Å². The van der Waals surface area contributed by atoms with Crippen molar-refractivity contribution in [3.8, 4) is 0 Å². The summed E-state index contributed by atoms with van der Waals surface area (Å²) >= 11 is 0. The van der Waals surface area contributed by atoms with Crippen molar-refractivity contribution in [2.75, 3.05) is 13.1 Å². The lowest BCUT2D eigenvalue weighted by atomic mass is 10.2. The first-order valence-electron chi connectivity index (χ1n) is 5.18. The van der Waals surface area contributed by atoms with Gasteiger partial charge < -0.3 is 5.32 Å². The van der Waals surface area contributed by atoms with Crippen LogP contribution < -0.4 is 5.32 Å². The molecule has 1 N–H and O–H groups in total. The summed E-state index contributed by atoms with van der Waals surface area (Å²) in [6.07, 6.45) is 5.17. The fourth-order valence-corrected chi connectivity index (χ4v) is 3.25. The topological polar surface area (TPSA) is 54.9 Å². The summed E-state index contributed by atoms with van der Waals surface area (Å²) in [5.41, 5.74) is 0.786. The Kier molecular flexibility index (Phi) is 3.43. The predicted molar refractivity (Wildman–Crippen MR) is 59.1 cm³/mol. The van der Waals surface area contributed by atoms with Gasteiger partial charge in [0.05, 0.1) is 16.5 Å². The van der Waals surface area contributed by atoms with Crippen molar-refractivity contribution in [3.05, 3.63) is 18.1 Å². The van der Waals surface area contributed by atoms with E-state index in [1.54, 1.807) is 12.4 Å². The van der Waals surface area contributed by atoms with Crippen molar-refractivity contribution >= 4 is 10.8 Å². The molecule has 82 valence electrons. The first-order valence-corrected chi connectivity index (χ1v) is 6.39. The van der Waals surface area contributed by atoms with E-state index in [1.165, 1.54) is 0 Å². The summed E-state index contributed by atoms with van der Waals surface area (Å²) in [7, 11) is -0.995. The van der Waals surface area contributed by atoms with Gasteiger partial charge in [-0.25, -0.2) is 4.98 Å². The molecule has 0 amide bonds. The molecule has 0 aromatic carbocycles. The van der Waals surface area contributed by atoms with Crippen molar-refractivity contribution in [2.24, 2.45) is 0 Å². The Morgan fingerprint density at radius 1 is 1.33 bits per heavy atom. The molecule has 15 heavy (non-hydrogen) atoms. The lowest BCUT2D eigenvalue weighted by Gasteiger charge is -2.21. The summed E-state index contributed by atoms with van der Waals surface area (Å²) in [5.74, 6) is 0. The largest absolute Gasteiger partial charge is 0.317 e. The SMILES string of the molecule is Cc1nccnc1S(=O)C1CCNCC1. The number of hydrogen-bond acceptors (Lipinski definition) is 4. The molecule has 0 spiro atoms. The van der Waals surface area contributed by atoms with Crippen molar-refractivity contribution in [1.29, 1.82) is 0 Å². The lowest BCUT2D eigenvalue weighted by Crippen LogP contribution is -2.33. The Bertz CT molecular complexity index is 363. The Morgan fingerprint density at radius 2 is 2.00 bits per heavy atom. The van der Waals surface area contributed by atoms with Crippen molar-refractivity contribution in [2.45, 2.75) is 30.0 Å². The molecule has 1 aromatic rings. The van der Waals surface area contributed by atoms with Crippen LogP contribution in [0.4, 0.5) is 0 Å². The standard InChI is InChI=1S/C10H15N3OS/c1-8-10(13-7-6-12-8)15(14)9-2-4-11-5-3-9/h6-7,9,11H,2-5H2,1H3. The Labute approximate surface area is 92.0 Å². The molecule has 1 atom stereocenters. The highest BCUT2D eigenvalue weighted by Gasteiger charge is 2.23. The zero-order valence-electron chi connectivity index (χ0n) is 8.77. The molecular formula is C10H15N3OS. The van der Waals surface area contributed by atoms with E-state index < -0.39 is 10.8 Å². The van der Waals surface area contributed by atoms with Gasteiger partial charge in [0.1, 0.15) is 5.03 Å². The van der Waals surface area contributed by atoms with Crippen LogP contribution in [0.2, 0.25) is 0 Å². The fraction of sp³-hybridized carbons (Fsp3) is 0.600. The molecule has 1 unspecified atom stereocenters. The maximum atomic E-state index is 12.2. The van der Waals surface area contributed by atoms with E-state index in [0.717, 1.165) is 31.6 Å². The smallest absolute Gasteiger partial charge is 0.148 e. The number of aromatic nitrogens is 2. The minimum Gasteiger partial charge on any atom is -0.317 e. The van der Waals surface area contributed by atoms with Gasteiger partial charge in [0.2, 0.25) is 0 Å². The number of aryl methyl sites for hydroxylation is 1. The number of rotatable bonds is 2. The molecule has 0 saturated carbocycles. The van der Waals surface area contributed by atoms with Gasteiger partial charge in [-0.3, -0.25) is 9.19 Å². The Hall–Kier alpha value is -0.810. The number of hydrogen-bond donors (Lipinski definition) is 1.